The molecule has 2 rings (SSSR count). The van der Waals surface area contributed by atoms with Gasteiger partial charge in [-0.3, -0.25) is 0 Å². The second-order valence-corrected chi connectivity index (χ2v) is 5.43. The molecule has 1 aliphatic rings. The Morgan fingerprint density at radius 2 is 2.11 bits per heavy atom. The summed E-state index contributed by atoms with van der Waals surface area (Å²) in [4.78, 5) is 2.06. The van der Waals surface area contributed by atoms with Crippen molar-refractivity contribution >= 4 is 0 Å². The van der Waals surface area contributed by atoms with E-state index in [4.69, 9.17) is 9.47 Å². The van der Waals surface area contributed by atoms with Gasteiger partial charge in [0.25, 0.3) is 0 Å². The van der Waals surface area contributed by atoms with Crippen LogP contribution in [0.15, 0.2) is 30.3 Å². The van der Waals surface area contributed by atoms with Crippen LogP contribution in [0, 0.1) is 0 Å². The number of aliphatic hydroxyl groups excluding tert-OH is 1. The Balaban J connectivity index is 1.92. The van der Waals surface area contributed by atoms with Crippen LogP contribution >= 0.6 is 0 Å². The zero-order chi connectivity index (χ0) is 13.9. The van der Waals surface area contributed by atoms with Gasteiger partial charge in [0.2, 0.25) is 0 Å². The zero-order valence-corrected chi connectivity index (χ0v) is 11.9. The van der Waals surface area contributed by atoms with Crippen molar-refractivity contribution in [3.8, 4) is 0 Å². The minimum absolute atomic E-state index is 0.0361. The molecular weight excluding hydrogens is 242 g/mol. The average molecular weight is 265 g/mol. The molecule has 0 saturated carbocycles. The maximum atomic E-state index is 9.36. The topological polar surface area (TPSA) is 41.9 Å². The summed E-state index contributed by atoms with van der Waals surface area (Å²) in [6.07, 6.45) is -0.290. The summed E-state index contributed by atoms with van der Waals surface area (Å²) in [7, 11) is 1.98. The van der Waals surface area contributed by atoms with Gasteiger partial charge >= 0.3 is 0 Å². The largest absolute Gasteiger partial charge is 0.392 e. The van der Waals surface area contributed by atoms with Crippen LogP contribution in [0.2, 0.25) is 0 Å². The molecule has 4 heteroatoms. The van der Waals surface area contributed by atoms with Crippen LogP contribution in [0.25, 0.3) is 0 Å². The molecule has 0 amide bonds. The van der Waals surface area contributed by atoms with Gasteiger partial charge in [-0.05, 0) is 20.9 Å². The third-order valence-electron chi connectivity index (χ3n) is 3.33. The molecule has 1 fully saturated rings. The Bertz CT molecular complexity index is 396. The smallest absolute Gasteiger partial charge is 0.192 e. The third-order valence-corrected chi connectivity index (χ3v) is 3.33. The van der Waals surface area contributed by atoms with Gasteiger partial charge < -0.3 is 19.5 Å². The van der Waals surface area contributed by atoms with E-state index in [2.05, 4.69) is 4.90 Å². The number of benzene rings is 1. The van der Waals surface area contributed by atoms with Crippen molar-refractivity contribution < 1.29 is 14.6 Å². The molecule has 1 heterocycles. The van der Waals surface area contributed by atoms with E-state index in [-0.39, 0.29) is 12.2 Å². The number of aliphatic hydroxyl groups is 1. The van der Waals surface area contributed by atoms with E-state index in [1.54, 1.807) is 6.92 Å². The molecule has 3 atom stereocenters. The first-order chi connectivity index (χ1) is 8.99. The molecular formula is C15H23NO3. The highest BCUT2D eigenvalue weighted by Crippen LogP contribution is 2.33. The van der Waals surface area contributed by atoms with Crippen LogP contribution in [0.1, 0.15) is 19.4 Å². The molecule has 106 valence electrons. The van der Waals surface area contributed by atoms with Gasteiger partial charge in [-0.2, -0.15) is 0 Å². The van der Waals surface area contributed by atoms with Crippen LogP contribution in [0.5, 0.6) is 0 Å². The lowest BCUT2D eigenvalue weighted by Gasteiger charge is -2.25. The van der Waals surface area contributed by atoms with Gasteiger partial charge in [-0.1, -0.05) is 30.3 Å². The fourth-order valence-electron chi connectivity index (χ4n) is 2.49. The van der Waals surface area contributed by atoms with E-state index in [1.807, 2.05) is 44.3 Å². The number of ether oxygens (including phenoxy) is 2. The van der Waals surface area contributed by atoms with Gasteiger partial charge in [-0.15, -0.1) is 0 Å². The van der Waals surface area contributed by atoms with Gasteiger partial charge in [0.05, 0.1) is 18.8 Å². The molecule has 1 saturated heterocycles. The van der Waals surface area contributed by atoms with E-state index in [0.717, 1.165) is 12.1 Å². The first-order valence-corrected chi connectivity index (χ1v) is 6.73. The Morgan fingerprint density at radius 1 is 1.42 bits per heavy atom. The van der Waals surface area contributed by atoms with Crippen molar-refractivity contribution in [3.63, 3.8) is 0 Å². The summed E-state index contributed by atoms with van der Waals surface area (Å²) in [5, 5.41) is 9.36. The standard InChI is InChI=1S/C15H23NO3/c1-12(17)9-16(3)10-14-11-18-15(2,19-14)13-7-5-4-6-8-13/h4-8,12,14,17H,9-11H2,1-3H3. The lowest BCUT2D eigenvalue weighted by atomic mass is 10.1. The predicted molar refractivity (Wildman–Crippen MR) is 73.8 cm³/mol. The van der Waals surface area contributed by atoms with E-state index >= 15 is 0 Å². The number of likely N-dealkylation sites (N-methyl/N-ethyl adjacent to an activating group) is 1. The highest BCUT2D eigenvalue weighted by atomic mass is 16.7. The summed E-state index contributed by atoms with van der Waals surface area (Å²) >= 11 is 0. The zero-order valence-electron chi connectivity index (χ0n) is 11.9. The minimum atomic E-state index is -0.655. The molecule has 4 nitrogen and oxygen atoms in total. The molecule has 1 N–H and O–H groups in total. The van der Waals surface area contributed by atoms with Gasteiger partial charge in [0.1, 0.15) is 0 Å². The van der Waals surface area contributed by atoms with Crippen molar-refractivity contribution in [2.75, 3.05) is 26.7 Å². The van der Waals surface area contributed by atoms with Crippen molar-refractivity contribution in [2.45, 2.75) is 31.8 Å². The van der Waals surface area contributed by atoms with Crippen LogP contribution in [0.3, 0.4) is 0 Å². The minimum Gasteiger partial charge on any atom is -0.392 e. The summed E-state index contributed by atoms with van der Waals surface area (Å²) in [5.41, 5.74) is 1.04. The normalized spacial score (nSPS) is 28.8. The quantitative estimate of drug-likeness (QED) is 0.878. The SMILES string of the molecule is CC(O)CN(C)CC1COC(C)(c2ccccc2)O1. The van der Waals surface area contributed by atoms with Gasteiger partial charge in [0.15, 0.2) is 5.79 Å². The number of nitrogens with zero attached hydrogens (tertiary/aromatic N) is 1. The molecule has 1 aliphatic heterocycles. The maximum absolute atomic E-state index is 9.36. The molecule has 0 aliphatic carbocycles. The van der Waals surface area contributed by atoms with Crippen molar-refractivity contribution in [3.05, 3.63) is 35.9 Å². The highest BCUT2D eigenvalue weighted by Gasteiger charge is 2.38. The van der Waals surface area contributed by atoms with Crippen LogP contribution in [0.4, 0.5) is 0 Å². The third kappa shape index (κ3) is 3.76. The van der Waals surface area contributed by atoms with E-state index < -0.39 is 5.79 Å². The first kappa shape index (κ1) is 14.5. The van der Waals surface area contributed by atoms with Crippen molar-refractivity contribution in [1.29, 1.82) is 0 Å². The number of hydrogen-bond donors (Lipinski definition) is 1. The molecule has 1 aromatic rings. The second kappa shape index (κ2) is 6.01. The lowest BCUT2D eigenvalue weighted by Crippen LogP contribution is -2.36. The molecule has 19 heavy (non-hydrogen) atoms. The van der Waals surface area contributed by atoms with Crippen molar-refractivity contribution in [2.24, 2.45) is 0 Å². The molecule has 0 bridgehead atoms. The first-order valence-electron chi connectivity index (χ1n) is 6.73. The summed E-state index contributed by atoms with van der Waals surface area (Å²) < 4.78 is 11.9. The molecule has 0 aromatic heterocycles. The lowest BCUT2D eigenvalue weighted by molar-refractivity contribution is -0.163. The Kier molecular flexibility index (Phi) is 4.58. The van der Waals surface area contributed by atoms with Gasteiger partial charge in [0, 0.05) is 18.7 Å². The Hall–Kier alpha value is -0.940. The molecule has 1 aromatic carbocycles. The van der Waals surface area contributed by atoms with E-state index in [1.165, 1.54) is 0 Å². The maximum Gasteiger partial charge on any atom is 0.192 e. The fraction of sp³-hybridized carbons (Fsp3) is 0.600. The number of hydrogen-bond acceptors (Lipinski definition) is 4. The molecule has 3 unspecified atom stereocenters. The summed E-state index contributed by atoms with van der Waals surface area (Å²) in [6, 6.07) is 9.99. The van der Waals surface area contributed by atoms with Crippen LogP contribution < -0.4 is 0 Å². The average Bonchev–Trinajstić information content (AvgIpc) is 2.72. The molecule has 0 radical (unpaired) electrons. The molecule has 0 spiro atoms. The Morgan fingerprint density at radius 3 is 2.74 bits per heavy atom. The summed E-state index contributed by atoms with van der Waals surface area (Å²) in [6.45, 7) is 5.72. The Labute approximate surface area is 114 Å². The highest BCUT2D eigenvalue weighted by molar-refractivity contribution is 5.20. The number of rotatable bonds is 5. The van der Waals surface area contributed by atoms with Gasteiger partial charge in [-0.25, -0.2) is 0 Å². The second-order valence-electron chi connectivity index (χ2n) is 5.43. The van der Waals surface area contributed by atoms with Crippen LogP contribution in [-0.4, -0.2) is 49.0 Å². The monoisotopic (exact) mass is 265 g/mol. The van der Waals surface area contributed by atoms with E-state index in [9.17, 15) is 5.11 Å². The predicted octanol–water partition coefficient (Wildman–Crippen LogP) is 1.59. The van der Waals surface area contributed by atoms with E-state index in [0.29, 0.717) is 13.2 Å². The fourth-order valence-corrected chi connectivity index (χ4v) is 2.49. The van der Waals surface area contributed by atoms with Crippen LogP contribution in [-0.2, 0) is 15.3 Å². The summed E-state index contributed by atoms with van der Waals surface area (Å²) in [5.74, 6) is -0.655. The van der Waals surface area contributed by atoms with Crippen molar-refractivity contribution in [1.82, 2.24) is 4.90 Å².